The molecule has 4 heteroatoms. The minimum Gasteiger partial charge on any atom is -0.465 e. The van der Waals surface area contributed by atoms with Crippen molar-refractivity contribution in [2.24, 2.45) is 16.7 Å². The standard InChI is InChI=1S/C13H20FIO2/c1-8-4-11(15)13(5-10(14)6-13)12(8,3)7-17-9(2)16/h8,10-11H,4-7H2,1-3H3/t8-,10?,11+,12+,13?/m0/s1. The Morgan fingerprint density at radius 2 is 2.12 bits per heavy atom. The third-order valence-electron chi connectivity index (χ3n) is 5.13. The Morgan fingerprint density at radius 3 is 2.59 bits per heavy atom. The van der Waals surface area contributed by atoms with Crippen molar-refractivity contribution < 1.29 is 13.9 Å². The molecule has 2 fully saturated rings. The minimum atomic E-state index is -0.658. The van der Waals surface area contributed by atoms with Crippen LogP contribution in [0.1, 0.15) is 40.0 Å². The fraction of sp³-hybridized carbons (Fsp3) is 0.923. The van der Waals surface area contributed by atoms with Crippen molar-refractivity contribution in [3.8, 4) is 0 Å². The van der Waals surface area contributed by atoms with Crippen molar-refractivity contribution in [1.29, 1.82) is 0 Å². The molecule has 0 aromatic rings. The first-order valence-corrected chi connectivity index (χ1v) is 7.48. The smallest absolute Gasteiger partial charge is 0.302 e. The lowest BCUT2D eigenvalue weighted by Gasteiger charge is -2.54. The second kappa shape index (κ2) is 4.35. The van der Waals surface area contributed by atoms with Crippen molar-refractivity contribution in [3.63, 3.8) is 0 Å². The summed E-state index contributed by atoms with van der Waals surface area (Å²) in [6.45, 7) is 6.26. The van der Waals surface area contributed by atoms with Crippen molar-refractivity contribution in [1.82, 2.24) is 0 Å². The monoisotopic (exact) mass is 354 g/mol. The Hall–Kier alpha value is 0.130. The molecule has 2 aliphatic carbocycles. The molecular formula is C13H20FIO2. The van der Waals surface area contributed by atoms with Crippen LogP contribution < -0.4 is 0 Å². The molecular weight excluding hydrogens is 334 g/mol. The van der Waals surface area contributed by atoms with Gasteiger partial charge in [0.2, 0.25) is 0 Å². The molecule has 17 heavy (non-hydrogen) atoms. The van der Waals surface area contributed by atoms with Crippen LogP contribution in [0.5, 0.6) is 0 Å². The Morgan fingerprint density at radius 1 is 1.53 bits per heavy atom. The third kappa shape index (κ3) is 1.90. The largest absolute Gasteiger partial charge is 0.465 e. The van der Waals surface area contributed by atoms with E-state index in [4.69, 9.17) is 4.74 Å². The quantitative estimate of drug-likeness (QED) is 0.431. The maximum atomic E-state index is 13.3. The van der Waals surface area contributed by atoms with Gasteiger partial charge in [-0.3, -0.25) is 4.79 Å². The first-order chi connectivity index (χ1) is 7.82. The third-order valence-corrected chi connectivity index (χ3v) is 6.83. The number of carbonyl (C=O) groups is 1. The van der Waals surface area contributed by atoms with Gasteiger partial charge in [-0.05, 0) is 30.6 Å². The van der Waals surface area contributed by atoms with Crippen molar-refractivity contribution in [3.05, 3.63) is 0 Å². The maximum Gasteiger partial charge on any atom is 0.302 e. The second-order valence-electron chi connectivity index (χ2n) is 5.96. The van der Waals surface area contributed by atoms with Gasteiger partial charge in [-0.15, -0.1) is 0 Å². The number of carbonyl (C=O) groups excluding carboxylic acids is 1. The fourth-order valence-corrected chi connectivity index (χ4v) is 5.62. The maximum absolute atomic E-state index is 13.3. The number of rotatable bonds is 2. The van der Waals surface area contributed by atoms with E-state index in [1.807, 2.05) is 0 Å². The highest BCUT2D eigenvalue weighted by Gasteiger charge is 2.66. The van der Waals surface area contributed by atoms with Crippen LogP contribution in [0.4, 0.5) is 4.39 Å². The summed E-state index contributed by atoms with van der Waals surface area (Å²) in [5.41, 5.74) is -0.0189. The van der Waals surface area contributed by atoms with E-state index in [1.165, 1.54) is 6.92 Å². The molecule has 1 spiro atoms. The highest BCUT2D eigenvalue weighted by atomic mass is 127. The van der Waals surface area contributed by atoms with E-state index in [0.717, 1.165) is 6.42 Å². The number of halogens is 2. The molecule has 0 radical (unpaired) electrons. The van der Waals surface area contributed by atoms with Crippen LogP contribution in [0.2, 0.25) is 0 Å². The summed E-state index contributed by atoms with van der Waals surface area (Å²) in [6.07, 6.45) is 1.73. The molecule has 2 saturated carbocycles. The van der Waals surface area contributed by atoms with Crippen LogP contribution in [0.15, 0.2) is 0 Å². The molecule has 0 N–H and O–H groups in total. The highest BCUT2D eigenvalue weighted by Crippen LogP contribution is 2.68. The van der Waals surface area contributed by atoms with E-state index in [1.54, 1.807) is 0 Å². The zero-order valence-electron chi connectivity index (χ0n) is 10.6. The SMILES string of the molecule is CC(=O)OC[C@]1(C)[C@@H](C)C[C@@H](I)C12CC(F)C2. The van der Waals surface area contributed by atoms with Gasteiger partial charge in [-0.1, -0.05) is 36.4 Å². The first kappa shape index (κ1) is 13.6. The molecule has 0 aliphatic heterocycles. The lowest BCUT2D eigenvalue weighted by Crippen LogP contribution is -2.54. The number of hydrogen-bond donors (Lipinski definition) is 0. The topological polar surface area (TPSA) is 26.3 Å². The molecule has 0 bridgehead atoms. The van der Waals surface area contributed by atoms with E-state index in [9.17, 15) is 9.18 Å². The summed E-state index contributed by atoms with van der Waals surface area (Å²) in [6, 6.07) is 0. The molecule has 0 aromatic carbocycles. The average molecular weight is 354 g/mol. The van der Waals surface area contributed by atoms with Crippen molar-refractivity contribution in [2.45, 2.75) is 50.1 Å². The fourth-order valence-electron chi connectivity index (χ4n) is 3.63. The highest BCUT2D eigenvalue weighted by molar-refractivity contribution is 14.1. The Bertz CT molecular complexity index is 327. The zero-order chi connectivity index (χ0) is 12.8. The average Bonchev–Trinajstić information content (AvgIpc) is 2.37. The molecule has 0 aromatic heterocycles. The van der Waals surface area contributed by atoms with E-state index in [2.05, 4.69) is 36.4 Å². The van der Waals surface area contributed by atoms with Gasteiger partial charge in [0.05, 0.1) is 6.61 Å². The minimum absolute atomic E-state index is 0.0435. The number of alkyl halides is 2. The molecule has 3 atom stereocenters. The molecule has 2 nitrogen and oxygen atoms in total. The van der Waals surface area contributed by atoms with Gasteiger partial charge < -0.3 is 4.74 Å². The number of hydrogen-bond acceptors (Lipinski definition) is 2. The Labute approximate surface area is 116 Å². The van der Waals surface area contributed by atoms with Gasteiger partial charge in [0.25, 0.3) is 0 Å². The van der Waals surface area contributed by atoms with E-state index in [-0.39, 0.29) is 16.8 Å². The van der Waals surface area contributed by atoms with Crippen LogP contribution >= 0.6 is 22.6 Å². The first-order valence-electron chi connectivity index (χ1n) is 6.23. The summed E-state index contributed by atoms with van der Waals surface area (Å²) < 4.78 is 19.1. The summed E-state index contributed by atoms with van der Waals surface area (Å²) in [5.74, 6) is 0.248. The van der Waals surface area contributed by atoms with Gasteiger partial charge in [0, 0.05) is 16.3 Å². The summed E-state index contributed by atoms with van der Waals surface area (Å²) in [5, 5.41) is 0. The summed E-state index contributed by atoms with van der Waals surface area (Å²) in [7, 11) is 0. The Kier molecular flexibility index (Phi) is 3.47. The van der Waals surface area contributed by atoms with Gasteiger partial charge in [-0.2, -0.15) is 0 Å². The van der Waals surface area contributed by atoms with Crippen molar-refractivity contribution in [2.75, 3.05) is 6.61 Å². The molecule has 0 saturated heterocycles. The molecule has 98 valence electrons. The second-order valence-corrected chi connectivity index (χ2v) is 7.47. The Balaban J connectivity index is 2.19. The predicted octanol–water partition coefficient (Wildman–Crippen LogP) is 3.52. The van der Waals surface area contributed by atoms with Crippen LogP contribution in [-0.4, -0.2) is 22.7 Å². The summed E-state index contributed by atoms with van der Waals surface area (Å²) >= 11 is 2.46. The van der Waals surface area contributed by atoms with Gasteiger partial charge in [0.1, 0.15) is 6.17 Å². The van der Waals surface area contributed by atoms with Crippen LogP contribution in [-0.2, 0) is 9.53 Å². The zero-order valence-corrected chi connectivity index (χ0v) is 12.8. The molecule has 0 unspecified atom stereocenters. The molecule has 2 rings (SSSR count). The van der Waals surface area contributed by atoms with Crippen LogP contribution in [0.3, 0.4) is 0 Å². The number of ether oxygens (including phenoxy) is 1. The lowest BCUT2D eigenvalue weighted by atomic mass is 9.53. The normalized spacial score (nSPS) is 49.1. The molecule has 2 aliphatic rings. The van der Waals surface area contributed by atoms with E-state index >= 15 is 0 Å². The molecule has 0 heterocycles. The van der Waals surface area contributed by atoms with E-state index < -0.39 is 6.17 Å². The van der Waals surface area contributed by atoms with Gasteiger partial charge >= 0.3 is 5.97 Å². The van der Waals surface area contributed by atoms with Crippen molar-refractivity contribution >= 4 is 28.6 Å². The number of esters is 1. The van der Waals surface area contributed by atoms with Crippen LogP contribution in [0, 0.1) is 16.7 Å². The van der Waals surface area contributed by atoms with E-state index in [0.29, 0.717) is 29.3 Å². The van der Waals surface area contributed by atoms with Gasteiger partial charge in [0.15, 0.2) is 0 Å². The predicted molar refractivity (Wildman–Crippen MR) is 72.9 cm³/mol. The summed E-state index contributed by atoms with van der Waals surface area (Å²) in [4.78, 5) is 11.0. The van der Waals surface area contributed by atoms with Crippen LogP contribution in [0.25, 0.3) is 0 Å². The lowest BCUT2D eigenvalue weighted by molar-refractivity contribution is -0.154. The molecule has 0 amide bonds. The van der Waals surface area contributed by atoms with Gasteiger partial charge in [-0.25, -0.2) is 4.39 Å².